The van der Waals surface area contributed by atoms with E-state index in [0.717, 1.165) is 38.0 Å². The summed E-state index contributed by atoms with van der Waals surface area (Å²) in [6.07, 6.45) is 4.57. The fourth-order valence-corrected chi connectivity index (χ4v) is 3.22. The van der Waals surface area contributed by atoms with Crippen molar-refractivity contribution in [1.82, 2.24) is 5.32 Å². The first-order valence-corrected chi connectivity index (χ1v) is 9.03. The number of sulfonamides is 1. The first kappa shape index (κ1) is 16.4. The van der Waals surface area contributed by atoms with Crippen LogP contribution >= 0.6 is 0 Å². The van der Waals surface area contributed by atoms with Crippen molar-refractivity contribution in [1.29, 1.82) is 0 Å². The van der Waals surface area contributed by atoms with Crippen LogP contribution in [-0.2, 0) is 14.8 Å². The summed E-state index contributed by atoms with van der Waals surface area (Å²) in [4.78, 5) is 0.161. The number of hydrogen-bond donors (Lipinski definition) is 2. The molecule has 118 valence electrons. The molecule has 1 saturated heterocycles. The Hall–Kier alpha value is -0.950. The summed E-state index contributed by atoms with van der Waals surface area (Å²) in [5, 5.41) is 8.66. The van der Waals surface area contributed by atoms with E-state index in [1.54, 1.807) is 12.1 Å². The Morgan fingerprint density at radius 1 is 1.43 bits per heavy atom. The van der Waals surface area contributed by atoms with Gasteiger partial charge in [-0.3, -0.25) is 0 Å². The lowest BCUT2D eigenvalue weighted by Crippen LogP contribution is -2.34. The molecule has 6 heteroatoms. The van der Waals surface area contributed by atoms with Gasteiger partial charge in [-0.25, -0.2) is 13.6 Å². The van der Waals surface area contributed by atoms with E-state index in [1.165, 1.54) is 12.5 Å². The number of nitrogens with two attached hydrogens (primary N) is 1. The van der Waals surface area contributed by atoms with Crippen LogP contribution in [0.15, 0.2) is 29.2 Å². The second-order valence-electron chi connectivity index (χ2n) is 5.48. The van der Waals surface area contributed by atoms with Crippen LogP contribution in [0, 0.1) is 0 Å². The van der Waals surface area contributed by atoms with Crippen molar-refractivity contribution in [3.05, 3.63) is 29.8 Å². The summed E-state index contributed by atoms with van der Waals surface area (Å²) in [6, 6.07) is 6.94. The van der Waals surface area contributed by atoms with Crippen LogP contribution in [0.4, 0.5) is 0 Å². The van der Waals surface area contributed by atoms with E-state index in [9.17, 15) is 8.42 Å². The molecule has 0 bridgehead atoms. The maximum atomic E-state index is 11.4. The van der Waals surface area contributed by atoms with Gasteiger partial charge in [0.1, 0.15) is 0 Å². The molecule has 1 aliphatic heterocycles. The Labute approximate surface area is 126 Å². The second kappa shape index (κ2) is 7.35. The molecule has 2 atom stereocenters. The summed E-state index contributed by atoms with van der Waals surface area (Å²) < 4.78 is 28.6. The van der Waals surface area contributed by atoms with Gasteiger partial charge in [-0.15, -0.1) is 0 Å². The maximum Gasteiger partial charge on any atom is 0.238 e. The third-order valence-electron chi connectivity index (χ3n) is 3.86. The molecule has 0 aliphatic carbocycles. The highest BCUT2D eigenvalue weighted by atomic mass is 32.2. The van der Waals surface area contributed by atoms with Gasteiger partial charge in [0.25, 0.3) is 0 Å². The normalized spacial score (nSPS) is 21.1. The van der Waals surface area contributed by atoms with Gasteiger partial charge < -0.3 is 10.1 Å². The number of benzene rings is 1. The smallest absolute Gasteiger partial charge is 0.238 e. The van der Waals surface area contributed by atoms with Gasteiger partial charge in [0, 0.05) is 19.2 Å². The fraction of sp³-hybridized carbons (Fsp3) is 0.600. The molecule has 0 amide bonds. The van der Waals surface area contributed by atoms with Gasteiger partial charge in [0.2, 0.25) is 10.0 Å². The Balaban J connectivity index is 2.03. The summed E-state index contributed by atoms with van der Waals surface area (Å²) in [5.74, 6) is 0. The number of rotatable bonds is 6. The molecular formula is C15H24N2O3S. The molecule has 1 heterocycles. The van der Waals surface area contributed by atoms with E-state index in [2.05, 4.69) is 12.2 Å². The zero-order valence-corrected chi connectivity index (χ0v) is 13.2. The lowest BCUT2D eigenvalue weighted by molar-refractivity contribution is 0.0152. The van der Waals surface area contributed by atoms with Crippen LogP contribution in [0.2, 0.25) is 0 Å². The average Bonchev–Trinajstić information content (AvgIpc) is 2.48. The number of hydrogen-bond acceptors (Lipinski definition) is 4. The molecule has 0 radical (unpaired) electrons. The molecule has 0 aromatic heterocycles. The highest BCUT2D eigenvalue weighted by molar-refractivity contribution is 7.89. The summed E-state index contributed by atoms with van der Waals surface area (Å²) in [6.45, 7) is 3.70. The Morgan fingerprint density at radius 3 is 2.86 bits per heavy atom. The molecule has 1 aliphatic rings. The highest BCUT2D eigenvalue weighted by Crippen LogP contribution is 2.20. The quantitative estimate of drug-likeness (QED) is 0.841. The van der Waals surface area contributed by atoms with E-state index in [1.807, 2.05) is 6.07 Å². The van der Waals surface area contributed by atoms with E-state index in [4.69, 9.17) is 9.88 Å². The van der Waals surface area contributed by atoms with Gasteiger partial charge in [-0.05, 0) is 43.4 Å². The van der Waals surface area contributed by atoms with Crippen LogP contribution in [-0.4, -0.2) is 27.7 Å². The van der Waals surface area contributed by atoms with Crippen molar-refractivity contribution in [2.45, 2.75) is 49.6 Å². The van der Waals surface area contributed by atoms with E-state index in [0.29, 0.717) is 0 Å². The first-order chi connectivity index (χ1) is 10.0. The third kappa shape index (κ3) is 4.78. The maximum absolute atomic E-state index is 11.4. The minimum absolute atomic E-state index is 0.109. The largest absolute Gasteiger partial charge is 0.377 e. The zero-order valence-electron chi connectivity index (χ0n) is 12.4. The molecule has 0 spiro atoms. The summed E-state index contributed by atoms with van der Waals surface area (Å²) >= 11 is 0. The van der Waals surface area contributed by atoms with Crippen LogP contribution in [0.25, 0.3) is 0 Å². The fourth-order valence-electron chi connectivity index (χ4n) is 2.65. The van der Waals surface area contributed by atoms with Crippen molar-refractivity contribution < 1.29 is 13.2 Å². The zero-order chi connectivity index (χ0) is 15.3. The molecule has 21 heavy (non-hydrogen) atoms. The molecule has 0 saturated carbocycles. The van der Waals surface area contributed by atoms with Gasteiger partial charge in [-0.2, -0.15) is 0 Å². The van der Waals surface area contributed by atoms with Crippen molar-refractivity contribution in [3.8, 4) is 0 Å². The van der Waals surface area contributed by atoms with Crippen LogP contribution in [0.5, 0.6) is 0 Å². The van der Waals surface area contributed by atoms with Crippen molar-refractivity contribution in [2.75, 3.05) is 13.2 Å². The van der Waals surface area contributed by atoms with Crippen LogP contribution in [0.1, 0.15) is 44.2 Å². The van der Waals surface area contributed by atoms with Crippen molar-refractivity contribution >= 4 is 10.0 Å². The average molecular weight is 312 g/mol. The molecule has 0 unspecified atom stereocenters. The van der Waals surface area contributed by atoms with Gasteiger partial charge >= 0.3 is 0 Å². The number of nitrogens with one attached hydrogen (secondary N) is 1. The lowest BCUT2D eigenvalue weighted by atomic mass is 10.0. The Morgan fingerprint density at radius 2 is 2.24 bits per heavy atom. The molecule has 1 aromatic carbocycles. The number of ether oxygens (including phenoxy) is 1. The molecular weight excluding hydrogens is 288 g/mol. The first-order valence-electron chi connectivity index (χ1n) is 7.48. The van der Waals surface area contributed by atoms with Crippen molar-refractivity contribution in [2.24, 2.45) is 5.14 Å². The Bertz CT molecular complexity index is 554. The summed E-state index contributed by atoms with van der Waals surface area (Å²) in [7, 11) is -3.65. The van der Waals surface area contributed by atoms with Gasteiger partial charge in [-0.1, -0.05) is 19.1 Å². The van der Waals surface area contributed by atoms with Crippen LogP contribution < -0.4 is 10.5 Å². The van der Waals surface area contributed by atoms with Crippen LogP contribution in [0.3, 0.4) is 0 Å². The van der Waals surface area contributed by atoms with E-state index < -0.39 is 10.0 Å². The second-order valence-corrected chi connectivity index (χ2v) is 7.04. The predicted octanol–water partition coefficient (Wildman–Crippen LogP) is 1.94. The monoisotopic (exact) mass is 312 g/mol. The molecule has 1 aromatic rings. The number of primary sulfonamides is 1. The summed E-state index contributed by atoms with van der Waals surface area (Å²) in [5.41, 5.74) is 0.944. The molecule has 3 N–H and O–H groups in total. The minimum Gasteiger partial charge on any atom is -0.377 e. The third-order valence-corrected chi connectivity index (χ3v) is 4.77. The SMILES string of the molecule is CC[C@@H](NC[C@@H]1CCCCO1)c1cccc(S(N)(=O)=O)c1. The molecule has 2 rings (SSSR count). The van der Waals surface area contributed by atoms with E-state index >= 15 is 0 Å². The Kier molecular flexibility index (Phi) is 5.75. The standard InChI is InChI=1S/C15H24N2O3S/c1-2-15(17-11-13-7-3-4-9-20-13)12-6-5-8-14(10-12)21(16,18)19/h5-6,8,10,13,15,17H,2-4,7,9,11H2,1H3,(H2,16,18,19)/t13-,15+/m0/s1. The predicted molar refractivity (Wildman–Crippen MR) is 82.4 cm³/mol. The van der Waals surface area contributed by atoms with Gasteiger partial charge in [0.15, 0.2) is 0 Å². The van der Waals surface area contributed by atoms with E-state index in [-0.39, 0.29) is 17.0 Å². The molecule has 5 nitrogen and oxygen atoms in total. The molecule has 1 fully saturated rings. The topological polar surface area (TPSA) is 81.4 Å². The van der Waals surface area contributed by atoms with Crippen molar-refractivity contribution in [3.63, 3.8) is 0 Å². The minimum atomic E-state index is -3.65. The lowest BCUT2D eigenvalue weighted by Gasteiger charge is -2.26. The highest BCUT2D eigenvalue weighted by Gasteiger charge is 2.17. The van der Waals surface area contributed by atoms with Gasteiger partial charge in [0.05, 0.1) is 11.0 Å².